The molecule has 16 heavy (non-hydrogen) atoms. The number of nitrogens with zero attached hydrogens (tertiary/aromatic N) is 1. The molecule has 0 saturated heterocycles. The van der Waals surface area contributed by atoms with E-state index in [9.17, 15) is 4.79 Å². The maximum Gasteiger partial charge on any atom is 0.411 e. The molecule has 0 heterocycles. The Labute approximate surface area is 98.3 Å². The zero-order chi connectivity index (χ0) is 12.0. The summed E-state index contributed by atoms with van der Waals surface area (Å²) in [4.78, 5) is 15.0. The van der Waals surface area contributed by atoms with Crippen molar-refractivity contribution >= 4 is 34.9 Å². The zero-order valence-electron chi connectivity index (χ0n) is 8.74. The molecule has 86 valence electrons. The average Bonchev–Trinajstić information content (AvgIpc) is 2.29. The number of carbonyl (C=O) groups is 1. The van der Waals surface area contributed by atoms with Crippen molar-refractivity contribution in [2.75, 3.05) is 18.3 Å². The molecule has 0 bridgehead atoms. The zero-order valence-corrected chi connectivity index (χ0v) is 9.49. The first kappa shape index (κ1) is 12.3. The van der Waals surface area contributed by atoms with Crippen LogP contribution in [0.15, 0.2) is 29.3 Å². The number of halogens is 1. The van der Waals surface area contributed by atoms with E-state index < -0.39 is 6.09 Å². The molecule has 0 aliphatic heterocycles. The van der Waals surface area contributed by atoms with E-state index in [0.29, 0.717) is 17.2 Å². The summed E-state index contributed by atoms with van der Waals surface area (Å²) in [5.74, 6) is 0.478. The van der Waals surface area contributed by atoms with E-state index in [1.807, 2.05) is 0 Å². The fourth-order valence-corrected chi connectivity index (χ4v) is 1.08. The molecule has 0 aliphatic carbocycles. The van der Waals surface area contributed by atoms with Crippen LogP contribution < -0.4 is 11.1 Å². The number of anilines is 1. The smallest absolute Gasteiger partial charge is 0.411 e. The molecule has 1 rings (SSSR count). The largest absolute Gasteiger partial charge is 0.453 e. The fourth-order valence-electron chi connectivity index (χ4n) is 1.02. The van der Waals surface area contributed by atoms with E-state index in [0.717, 1.165) is 0 Å². The molecular formula is C10H12ClN3O2. The number of amides is 1. The highest BCUT2D eigenvalue weighted by Gasteiger charge is 2.00. The lowest BCUT2D eigenvalue weighted by Gasteiger charge is -2.04. The van der Waals surface area contributed by atoms with Crippen LogP contribution in [-0.2, 0) is 4.74 Å². The number of nitrogens with one attached hydrogen (secondary N) is 1. The van der Waals surface area contributed by atoms with E-state index in [-0.39, 0.29) is 5.88 Å². The molecule has 0 atom stereocenters. The van der Waals surface area contributed by atoms with Crippen molar-refractivity contribution in [3.05, 3.63) is 24.3 Å². The molecule has 0 spiro atoms. The third-order valence-electron chi connectivity index (χ3n) is 1.69. The summed E-state index contributed by atoms with van der Waals surface area (Å²) < 4.78 is 4.46. The number of hydrogen-bond acceptors (Lipinski definition) is 3. The van der Waals surface area contributed by atoms with Crippen LogP contribution in [0.3, 0.4) is 0 Å². The van der Waals surface area contributed by atoms with Crippen LogP contribution in [0, 0.1) is 0 Å². The van der Waals surface area contributed by atoms with E-state index >= 15 is 0 Å². The van der Waals surface area contributed by atoms with Gasteiger partial charge in [-0.05, 0) is 18.2 Å². The van der Waals surface area contributed by atoms with Crippen LogP contribution in [0.1, 0.15) is 0 Å². The molecule has 0 aromatic heterocycles. The predicted molar refractivity (Wildman–Crippen MR) is 64.5 cm³/mol. The van der Waals surface area contributed by atoms with Gasteiger partial charge in [-0.25, -0.2) is 9.79 Å². The van der Waals surface area contributed by atoms with E-state index in [4.69, 9.17) is 17.3 Å². The summed E-state index contributed by atoms with van der Waals surface area (Å²) in [5, 5.41) is 2.52. The molecule has 0 saturated carbocycles. The van der Waals surface area contributed by atoms with Gasteiger partial charge >= 0.3 is 6.09 Å². The average molecular weight is 242 g/mol. The molecule has 1 aromatic rings. The highest BCUT2D eigenvalue weighted by atomic mass is 35.5. The van der Waals surface area contributed by atoms with Crippen LogP contribution in [0.2, 0.25) is 0 Å². The van der Waals surface area contributed by atoms with Crippen molar-refractivity contribution in [2.45, 2.75) is 0 Å². The van der Waals surface area contributed by atoms with Gasteiger partial charge in [-0.1, -0.05) is 6.07 Å². The third-order valence-corrected chi connectivity index (χ3v) is 1.96. The Balaban J connectivity index is 2.83. The second-order valence-corrected chi connectivity index (χ2v) is 3.17. The Kier molecular flexibility index (Phi) is 4.60. The van der Waals surface area contributed by atoms with Crippen molar-refractivity contribution in [3.8, 4) is 0 Å². The Morgan fingerprint density at radius 2 is 2.38 bits per heavy atom. The quantitative estimate of drug-likeness (QED) is 0.483. The maximum atomic E-state index is 11.0. The Bertz CT molecular complexity index is 407. The number of carbonyl (C=O) groups excluding carboxylic acids is 1. The molecule has 0 radical (unpaired) electrons. The Hall–Kier alpha value is -1.75. The van der Waals surface area contributed by atoms with Crippen molar-refractivity contribution in [2.24, 2.45) is 10.7 Å². The normalized spacial score (nSPS) is 11.0. The minimum Gasteiger partial charge on any atom is -0.453 e. The Morgan fingerprint density at radius 1 is 1.62 bits per heavy atom. The molecule has 0 unspecified atom stereocenters. The summed E-state index contributed by atoms with van der Waals surface area (Å²) >= 11 is 5.50. The van der Waals surface area contributed by atoms with Gasteiger partial charge in [0.1, 0.15) is 5.84 Å². The molecule has 0 aliphatic rings. The first-order valence-corrected chi connectivity index (χ1v) is 5.03. The summed E-state index contributed by atoms with van der Waals surface area (Å²) in [7, 11) is 1.29. The van der Waals surface area contributed by atoms with Crippen LogP contribution in [-0.4, -0.2) is 24.9 Å². The van der Waals surface area contributed by atoms with E-state index in [1.165, 1.54) is 7.11 Å². The predicted octanol–water partition coefficient (Wildman–Crippen LogP) is 2.09. The van der Waals surface area contributed by atoms with Gasteiger partial charge in [0, 0.05) is 5.69 Å². The van der Waals surface area contributed by atoms with Crippen molar-refractivity contribution in [1.82, 2.24) is 0 Å². The van der Waals surface area contributed by atoms with Gasteiger partial charge in [-0.2, -0.15) is 0 Å². The monoisotopic (exact) mass is 241 g/mol. The summed E-state index contributed by atoms with van der Waals surface area (Å²) in [5.41, 5.74) is 6.69. The standard InChI is InChI=1S/C10H12ClN3O2/c1-16-10(15)14-8-4-2-3-7(5-8)13-9(12)6-11/h2-5H,6H2,1H3,(H2,12,13)(H,14,15). The second-order valence-electron chi connectivity index (χ2n) is 2.90. The van der Waals surface area contributed by atoms with Gasteiger partial charge < -0.3 is 10.5 Å². The first-order valence-electron chi connectivity index (χ1n) is 4.49. The minimum absolute atomic E-state index is 0.161. The van der Waals surface area contributed by atoms with Gasteiger partial charge in [0.2, 0.25) is 0 Å². The van der Waals surface area contributed by atoms with Crippen LogP contribution in [0.5, 0.6) is 0 Å². The van der Waals surface area contributed by atoms with Crippen LogP contribution in [0.25, 0.3) is 0 Å². The van der Waals surface area contributed by atoms with E-state index in [1.54, 1.807) is 24.3 Å². The minimum atomic E-state index is -0.536. The second kappa shape index (κ2) is 5.97. The number of methoxy groups -OCH3 is 1. The Morgan fingerprint density at radius 3 is 3.00 bits per heavy atom. The van der Waals surface area contributed by atoms with Gasteiger partial charge in [0.15, 0.2) is 0 Å². The molecule has 0 fully saturated rings. The molecule has 1 amide bonds. The fraction of sp³-hybridized carbons (Fsp3) is 0.200. The number of ether oxygens (including phenoxy) is 1. The topological polar surface area (TPSA) is 76.7 Å². The van der Waals surface area contributed by atoms with Crippen molar-refractivity contribution in [3.63, 3.8) is 0 Å². The maximum absolute atomic E-state index is 11.0. The third kappa shape index (κ3) is 3.78. The number of rotatable bonds is 3. The number of hydrogen-bond donors (Lipinski definition) is 2. The number of benzene rings is 1. The summed E-state index contributed by atoms with van der Waals surface area (Å²) in [6.07, 6.45) is -0.536. The number of amidine groups is 1. The van der Waals surface area contributed by atoms with Gasteiger partial charge in [0.05, 0.1) is 18.7 Å². The molecule has 1 aromatic carbocycles. The molecular weight excluding hydrogens is 230 g/mol. The first-order chi connectivity index (χ1) is 7.65. The van der Waals surface area contributed by atoms with Crippen LogP contribution in [0.4, 0.5) is 16.2 Å². The number of aliphatic imine (C=N–C) groups is 1. The van der Waals surface area contributed by atoms with Gasteiger partial charge in [-0.15, -0.1) is 11.6 Å². The van der Waals surface area contributed by atoms with Crippen LogP contribution >= 0.6 is 11.6 Å². The lowest BCUT2D eigenvalue weighted by Crippen LogP contribution is -2.12. The summed E-state index contributed by atoms with van der Waals surface area (Å²) in [6.45, 7) is 0. The highest BCUT2D eigenvalue weighted by Crippen LogP contribution is 2.18. The number of nitrogens with two attached hydrogens (primary N) is 1. The molecule has 5 nitrogen and oxygen atoms in total. The van der Waals surface area contributed by atoms with E-state index in [2.05, 4.69) is 15.0 Å². The van der Waals surface area contributed by atoms with Crippen molar-refractivity contribution < 1.29 is 9.53 Å². The molecule has 6 heteroatoms. The number of alkyl halides is 1. The van der Waals surface area contributed by atoms with Gasteiger partial charge in [0.25, 0.3) is 0 Å². The van der Waals surface area contributed by atoms with Gasteiger partial charge in [-0.3, -0.25) is 5.32 Å². The SMILES string of the molecule is COC(=O)Nc1cccc(N=C(N)CCl)c1. The van der Waals surface area contributed by atoms with Crippen molar-refractivity contribution in [1.29, 1.82) is 0 Å². The molecule has 3 N–H and O–H groups in total. The lowest BCUT2D eigenvalue weighted by molar-refractivity contribution is 0.187. The summed E-state index contributed by atoms with van der Waals surface area (Å²) in [6, 6.07) is 6.87. The highest BCUT2D eigenvalue weighted by molar-refractivity contribution is 6.28. The lowest BCUT2D eigenvalue weighted by atomic mass is 10.3.